The number of amides is 2. The molecule has 4 nitrogen and oxygen atoms in total. The first-order valence-corrected chi connectivity index (χ1v) is 37.4. The van der Waals surface area contributed by atoms with E-state index in [2.05, 4.69) is 177 Å². The second-order valence-electron chi connectivity index (χ2n) is 19.5. The van der Waals surface area contributed by atoms with Gasteiger partial charge in [-0.3, -0.25) is 0 Å². The Labute approximate surface area is 369 Å². The van der Waals surface area contributed by atoms with Crippen LogP contribution in [0.2, 0.25) is 0 Å². The number of carbonyl (C=O) groups excluding carboxylic acids is 2. The number of hydrogen-bond acceptors (Lipinski definition) is 2. The summed E-state index contributed by atoms with van der Waals surface area (Å²) in [5.74, 6) is -0.151. The Morgan fingerprint density at radius 3 is 1.27 bits per heavy atom. The first kappa shape index (κ1) is 46.3. The van der Waals surface area contributed by atoms with Crippen molar-refractivity contribution in [2.75, 3.05) is 0 Å². The third-order valence-corrected chi connectivity index (χ3v) is 41.8. The quantitative estimate of drug-likeness (QED) is 0.131. The molecule has 0 heterocycles. The standard InChI is InChI=1S/2C23H27.C6H11BN2O2.2ClH.Hf/c2*1-6-16(2)18-14-17-10-9-12-19(21(17)15-18)20-11-7-8-13-22(20)23(3,4)5;1-3-5(10)8-7-9-6(11)4-2;;;/h2*7-16H,6H2,1-5H3;3-4H2,1-2H3,(H-,8,9,10,11);2*1H;/q;;;;;+1/p-1. The maximum absolute atomic E-state index is 13.9. The van der Waals surface area contributed by atoms with E-state index in [-0.39, 0.29) is 47.3 Å². The number of fused-ring (bicyclic) bond motifs is 2. The second kappa shape index (κ2) is 17.5. The zero-order valence-electron chi connectivity index (χ0n) is 38.0. The molecule has 0 aromatic heterocycles. The molecule has 4 unspecified atom stereocenters. The normalized spacial score (nSPS) is 18.0. The Balaban J connectivity index is 1.77. The van der Waals surface area contributed by atoms with Crippen LogP contribution in [0.25, 0.3) is 34.4 Å². The molecule has 2 aliphatic carbocycles. The van der Waals surface area contributed by atoms with E-state index in [0.29, 0.717) is 0 Å². The third kappa shape index (κ3) is 8.24. The summed E-state index contributed by atoms with van der Waals surface area (Å²) < 4.78 is -1.82. The van der Waals surface area contributed by atoms with Crippen LogP contribution in [0.5, 0.6) is 0 Å². The van der Waals surface area contributed by atoms with Gasteiger partial charge in [-0.25, -0.2) is 0 Å². The summed E-state index contributed by atoms with van der Waals surface area (Å²) in [6.45, 7) is 26.2. The van der Waals surface area contributed by atoms with Crippen molar-refractivity contribution < 1.29 is 25.5 Å². The molecule has 4 aromatic carbocycles. The average Bonchev–Trinajstić information content (AvgIpc) is 3.83. The number of hydrogen-bond donors (Lipinski definition) is 2. The van der Waals surface area contributed by atoms with Crippen molar-refractivity contribution in [2.24, 2.45) is 11.8 Å². The van der Waals surface area contributed by atoms with Crippen molar-refractivity contribution in [1.29, 1.82) is 0 Å². The van der Waals surface area contributed by atoms with Gasteiger partial charge in [-0.1, -0.05) is 0 Å². The minimum absolute atomic E-state index is 0.100. The van der Waals surface area contributed by atoms with Gasteiger partial charge in [0, 0.05) is 0 Å². The molecular weight excluding hydrogens is 945 g/mol. The SMILES string of the molecule is CCC(=O)N[B](NC(=O)CC)[Hf]([Cl])([Cl])([CH]1C(C(C)CC)=Cc2c(-c3ccccc3C(C)(C)C)cccc21)[CH]1C(C(C)CC)=Cc2c(-c3ccccc3C(C)(C)C)cccc21. The summed E-state index contributed by atoms with van der Waals surface area (Å²) >= 11 is -6.32. The van der Waals surface area contributed by atoms with Crippen molar-refractivity contribution >= 4 is 45.7 Å². The molecule has 0 radical (unpaired) electrons. The van der Waals surface area contributed by atoms with E-state index < -0.39 is 27.8 Å². The van der Waals surface area contributed by atoms with E-state index >= 15 is 0 Å². The van der Waals surface area contributed by atoms with E-state index in [1.807, 2.05) is 13.8 Å². The first-order chi connectivity index (χ1) is 28.2. The molecule has 317 valence electrons. The Hall–Kier alpha value is -3.18. The van der Waals surface area contributed by atoms with Crippen LogP contribution < -0.4 is 10.5 Å². The Morgan fingerprint density at radius 2 is 0.933 bits per heavy atom. The molecule has 4 atom stereocenters. The van der Waals surface area contributed by atoms with Gasteiger partial charge in [0.25, 0.3) is 0 Å². The predicted molar refractivity (Wildman–Crippen MR) is 256 cm³/mol. The van der Waals surface area contributed by atoms with E-state index in [1.54, 1.807) is 0 Å². The van der Waals surface area contributed by atoms with Crippen molar-refractivity contribution in [2.45, 2.75) is 127 Å². The fraction of sp³-hybridized carbons (Fsp3) is 0.423. The molecule has 0 bridgehead atoms. The van der Waals surface area contributed by atoms with Gasteiger partial charge in [-0.05, 0) is 0 Å². The molecule has 0 saturated heterocycles. The molecule has 0 spiro atoms. The van der Waals surface area contributed by atoms with E-state index in [9.17, 15) is 9.59 Å². The molecule has 0 aliphatic heterocycles. The van der Waals surface area contributed by atoms with Crippen molar-refractivity contribution in [3.8, 4) is 22.3 Å². The fourth-order valence-electron chi connectivity index (χ4n) is 9.96. The molecule has 0 saturated carbocycles. The molecule has 2 aliphatic rings. The van der Waals surface area contributed by atoms with Crippen LogP contribution in [0.15, 0.2) is 96.1 Å². The number of benzene rings is 4. The maximum atomic E-state index is 13.9. The second-order valence-corrected chi connectivity index (χ2v) is 49.9. The monoisotopic (exact) mass is 1010 g/mol. The van der Waals surface area contributed by atoms with Crippen LogP contribution in [-0.2, 0) is 36.3 Å². The van der Waals surface area contributed by atoms with Crippen molar-refractivity contribution in [3.05, 3.63) is 129 Å². The van der Waals surface area contributed by atoms with Crippen LogP contribution in [0.1, 0.15) is 149 Å². The molecule has 0 fully saturated rings. The zero-order chi connectivity index (χ0) is 44.0. The number of rotatable bonds is 13. The summed E-state index contributed by atoms with van der Waals surface area (Å²) in [6.07, 6.45) is 6.96. The van der Waals surface area contributed by atoms with Crippen LogP contribution in [0.3, 0.4) is 0 Å². The third-order valence-electron chi connectivity index (χ3n) is 13.5. The van der Waals surface area contributed by atoms with E-state index in [4.69, 9.17) is 17.2 Å². The summed E-state index contributed by atoms with van der Waals surface area (Å²) in [6, 6.07) is 30.6. The van der Waals surface area contributed by atoms with Gasteiger partial charge in [0.05, 0.1) is 0 Å². The summed E-state index contributed by atoms with van der Waals surface area (Å²) in [5, 5.41) is 6.68. The van der Waals surface area contributed by atoms with Crippen molar-refractivity contribution in [1.82, 2.24) is 10.5 Å². The van der Waals surface area contributed by atoms with Gasteiger partial charge >= 0.3 is 372 Å². The predicted octanol–water partition coefficient (Wildman–Crippen LogP) is 14.3. The fourth-order valence-corrected chi connectivity index (χ4v) is 39.7. The number of halogens is 2. The molecule has 4 aromatic rings. The molecule has 6 rings (SSSR count). The summed E-state index contributed by atoms with van der Waals surface area (Å²) in [5.41, 5.74) is 13.8. The first-order valence-electron chi connectivity index (χ1n) is 22.3. The summed E-state index contributed by atoms with van der Waals surface area (Å²) in [7, 11) is 18.2. The average molecular weight is 1010 g/mol. The minimum atomic E-state index is -6.32. The van der Waals surface area contributed by atoms with Crippen molar-refractivity contribution in [3.63, 3.8) is 0 Å². The van der Waals surface area contributed by atoms with Gasteiger partial charge in [0.1, 0.15) is 0 Å². The number of nitrogens with one attached hydrogen (secondary N) is 2. The van der Waals surface area contributed by atoms with Crippen LogP contribution in [0.4, 0.5) is 0 Å². The zero-order valence-corrected chi connectivity index (χ0v) is 43.1. The van der Waals surface area contributed by atoms with Crippen LogP contribution >= 0.6 is 17.2 Å². The van der Waals surface area contributed by atoms with Crippen LogP contribution in [0, 0.1) is 11.8 Å². The Morgan fingerprint density at radius 1 is 0.583 bits per heavy atom. The molecular formula is C52H66BCl2HfN2O2. The molecule has 8 heteroatoms. The molecule has 2 amide bonds. The number of allylic oxidation sites excluding steroid dienone is 2. The molecule has 2 N–H and O–H groups in total. The van der Waals surface area contributed by atoms with Gasteiger partial charge in [0.2, 0.25) is 0 Å². The van der Waals surface area contributed by atoms with Gasteiger partial charge in [-0.2, -0.15) is 0 Å². The molecule has 60 heavy (non-hydrogen) atoms. The van der Waals surface area contributed by atoms with Gasteiger partial charge < -0.3 is 0 Å². The van der Waals surface area contributed by atoms with E-state index in [0.717, 1.165) is 46.2 Å². The number of carbonyl (C=O) groups is 2. The van der Waals surface area contributed by atoms with Gasteiger partial charge in [-0.15, -0.1) is 0 Å². The van der Waals surface area contributed by atoms with E-state index in [1.165, 1.54) is 33.4 Å². The van der Waals surface area contributed by atoms with Gasteiger partial charge in [0.15, 0.2) is 0 Å². The Kier molecular flexibility index (Phi) is 13.5. The summed E-state index contributed by atoms with van der Waals surface area (Å²) in [4.78, 5) is 27.8. The van der Waals surface area contributed by atoms with Crippen LogP contribution in [-0.4, -0.2) is 16.4 Å². The Bertz CT molecular complexity index is 2190. The topological polar surface area (TPSA) is 58.2 Å².